The van der Waals surface area contributed by atoms with Crippen molar-refractivity contribution in [2.24, 2.45) is 0 Å². The van der Waals surface area contributed by atoms with E-state index in [0.29, 0.717) is 24.1 Å². The quantitative estimate of drug-likeness (QED) is 0.752. The summed E-state index contributed by atoms with van der Waals surface area (Å²) in [7, 11) is 2.03. The number of carbonyl (C=O) groups excluding carboxylic acids is 1. The van der Waals surface area contributed by atoms with Crippen LogP contribution in [0.15, 0.2) is 12.4 Å². The third-order valence-electron chi connectivity index (χ3n) is 3.05. The fourth-order valence-electron chi connectivity index (χ4n) is 1.51. The zero-order valence-electron chi connectivity index (χ0n) is 12.8. The summed E-state index contributed by atoms with van der Waals surface area (Å²) in [5.74, 6) is 0.452. The number of hydrogen-bond donors (Lipinski definition) is 2. The minimum Gasteiger partial charge on any atom is -0.369 e. The molecule has 1 heterocycles. The lowest BCUT2D eigenvalue weighted by molar-refractivity contribution is 0.0943. The molecule has 0 aliphatic carbocycles. The highest BCUT2D eigenvalue weighted by atomic mass is 16.1. The normalized spacial score (nSPS) is 10.9. The maximum absolute atomic E-state index is 12.0. The van der Waals surface area contributed by atoms with Crippen molar-refractivity contribution in [3.63, 3.8) is 0 Å². The minimum absolute atomic E-state index is 0.185. The smallest absolute Gasteiger partial charge is 0.271 e. The Kier molecular flexibility index (Phi) is 6.93. The van der Waals surface area contributed by atoms with Crippen LogP contribution in [0.3, 0.4) is 0 Å². The van der Waals surface area contributed by atoms with Gasteiger partial charge in [0.05, 0.1) is 12.4 Å². The summed E-state index contributed by atoms with van der Waals surface area (Å²) in [6.45, 7) is 8.54. The van der Waals surface area contributed by atoms with Crippen LogP contribution in [0.1, 0.15) is 37.7 Å². The van der Waals surface area contributed by atoms with Gasteiger partial charge in [-0.05, 0) is 27.3 Å². The lowest BCUT2D eigenvalue weighted by Crippen LogP contribution is -2.36. The van der Waals surface area contributed by atoms with Gasteiger partial charge in [0.2, 0.25) is 0 Å². The highest BCUT2D eigenvalue weighted by Gasteiger charge is 2.09. The van der Waals surface area contributed by atoms with Gasteiger partial charge in [-0.15, -0.1) is 0 Å². The number of aromatic nitrogens is 2. The fraction of sp³-hybridized carbons (Fsp3) is 0.643. The van der Waals surface area contributed by atoms with Crippen LogP contribution in [0.5, 0.6) is 0 Å². The van der Waals surface area contributed by atoms with E-state index in [1.54, 1.807) is 6.20 Å². The average molecular weight is 279 g/mol. The highest BCUT2D eigenvalue weighted by molar-refractivity contribution is 5.92. The molecule has 1 aromatic rings. The van der Waals surface area contributed by atoms with Gasteiger partial charge in [0.25, 0.3) is 5.91 Å². The van der Waals surface area contributed by atoms with Crippen molar-refractivity contribution in [1.29, 1.82) is 0 Å². The van der Waals surface area contributed by atoms with Crippen molar-refractivity contribution < 1.29 is 4.79 Å². The highest BCUT2D eigenvalue weighted by Crippen LogP contribution is 2.02. The molecule has 0 spiro atoms. The van der Waals surface area contributed by atoms with E-state index in [0.717, 1.165) is 19.5 Å². The average Bonchev–Trinajstić information content (AvgIpc) is 2.45. The molecule has 6 nitrogen and oxygen atoms in total. The first-order valence-corrected chi connectivity index (χ1v) is 7.09. The summed E-state index contributed by atoms with van der Waals surface area (Å²) in [4.78, 5) is 22.4. The summed E-state index contributed by atoms with van der Waals surface area (Å²) in [6, 6.07) is 0.466. The van der Waals surface area contributed by atoms with Crippen LogP contribution in [0.2, 0.25) is 0 Å². The number of carbonyl (C=O) groups is 1. The van der Waals surface area contributed by atoms with E-state index in [1.807, 2.05) is 7.05 Å². The van der Waals surface area contributed by atoms with Gasteiger partial charge in [0.15, 0.2) is 0 Å². The maximum atomic E-state index is 12.0. The molecular formula is C14H25N5O. The van der Waals surface area contributed by atoms with Crippen molar-refractivity contribution in [2.75, 3.05) is 32.0 Å². The number of likely N-dealkylation sites (N-methyl/N-ethyl adjacent to an activating group) is 1. The molecule has 6 heteroatoms. The molecule has 0 fully saturated rings. The molecule has 1 aromatic heterocycles. The topological polar surface area (TPSA) is 70.2 Å². The molecule has 0 atom stereocenters. The van der Waals surface area contributed by atoms with Crippen molar-refractivity contribution in [2.45, 2.75) is 33.2 Å². The molecule has 1 amide bonds. The van der Waals surface area contributed by atoms with Crippen molar-refractivity contribution in [1.82, 2.24) is 20.2 Å². The second-order valence-electron chi connectivity index (χ2n) is 5.05. The van der Waals surface area contributed by atoms with Crippen LogP contribution in [0.4, 0.5) is 5.82 Å². The Bertz CT molecular complexity index is 422. The third-order valence-corrected chi connectivity index (χ3v) is 3.05. The molecule has 112 valence electrons. The fourth-order valence-corrected chi connectivity index (χ4v) is 1.51. The molecule has 0 aliphatic heterocycles. The van der Waals surface area contributed by atoms with Crippen molar-refractivity contribution in [3.05, 3.63) is 18.1 Å². The van der Waals surface area contributed by atoms with E-state index < -0.39 is 0 Å². The Hall–Kier alpha value is -1.69. The first-order valence-electron chi connectivity index (χ1n) is 7.09. The number of rotatable bonds is 8. The second kappa shape index (κ2) is 8.47. The molecule has 2 N–H and O–H groups in total. The molecule has 0 saturated carbocycles. The molecule has 0 aromatic carbocycles. The number of nitrogens with one attached hydrogen (secondary N) is 2. The summed E-state index contributed by atoms with van der Waals surface area (Å²) in [6.07, 6.45) is 4.11. The number of anilines is 1. The van der Waals surface area contributed by atoms with Crippen molar-refractivity contribution >= 4 is 11.7 Å². The number of nitrogens with zero attached hydrogens (tertiary/aromatic N) is 3. The first kappa shape index (κ1) is 16.4. The van der Waals surface area contributed by atoms with Crippen LogP contribution in [-0.4, -0.2) is 53.5 Å². The lowest BCUT2D eigenvalue weighted by Gasteiger charge is -2.20. The SMILES string of the molecule is CCCNc1cncc(C(=O)NCCN(C)C(C)C)n1. The number of amides is 1. The molecule has 1 rings (SSSR count). The van der Waals surface area contributed by atoms with Gasteiger partial charge in [-0.25, -0.2) is 4.98 Å². The molecule has 0 saturated heterocycles. The Labute approximate surface area is 121 Å². The zero-order valence-corrected chi connectivity index (χ0v) is 12.8. The van der Waals surface area contributed by atoms with E-state index in [2.05, 4.69) is 46.3 Å². The van der Waals surface area contributed by atoms with Gasteiger partial charge < -0.3 is 15.5 Å². The monoisotopic (exact) mass is 279 g/mol. The molecule has 0 radical (unpaired) electrons. The van der Waals surface area contributed by atoms with Crippen molar-refractivity contribution in [3.8, 4) is 0 Å². The van der Waals surface area contributed by atoms with E-state index in [-0.39, 0.29) is 5.91 Å². The first-order chi connectivity index (χ1) is 9.54. The Balaban J connectivity index is 2.46. The van der Waals surface area contributed by atoms with Gasteiger partial charge >= 0.3 is 0 Å². The van der Waals surface area contributed by atoms with Crippen LogP contribution >= 0.6 is 0 Å². The van der Waals surface area contributed by atoms with Gasteiger partial charge in [-0.1, -0.05) is 6.92 Å². The summed E-state index contributed by atoms with van der Waals surface area (Å²) in [5, 5.41) is 5.97. The van der Waals surface area contributed by atoms with Crippen LogP contribution < -0.4 is 10.6 Å². The number of hydrogen-bond acceptors (Lipinski definition) is 5. The van der Waals surface area contributed by atoms with Gasteiger partial charge in [-0.2, -0.15) is 0 Å². The standard InChI is InChI=1S/C14H25N5O/c1-5-6-16-13-10-15-9-12(18-13)14(20)17-7-8-19(4)11(2)3/h9-11H,5-8H2,1-4H3,(H,16,18)(H,17,20). The van der Waals surface area contributed by atoms with E-state index in [1.165, 1.54) is 6.20 Å². The third kappa shape index (κ3) is 5.52. The van der Waals surface area contributed by atoms with Crippen LogP contribution in [0.25, 0.3) is 0 Å². The van der Waals surface area contributed by atoms with Gasteiger partial charge in [0.1, 0.15) is 11.5 Å². The zero-order chi connectivity index (χ0) is 15.0. The maximum Gasteiger partial charge on any atom is 0.271 e. The summed E-state index contributed by atoms with van der Waals surface area (Å²) in [5.41, 5.74) is 0.346. The molecule has 0 aliphatic rings. The summed E-state index contributed by atoms with van der Waals surface area (Å²) < 4.78 is 0. The molecule has 20 heavy (non-hydrogen) atoms. The minimum atomic E-state index is -0.185. The van der Waals surface area contributed by atoms with Gasteiger partial charge in [-0.3, -0.25) is 9.78 Å². The Morgan fingerprint density at radius 3 is 2.75 bits per heavy atom. The molecular weight excluding hydrogens is 254 g/mol. The van der Waals surface area contributed by atoms with E-state index in [4.69, 9.17) is 0 Å². The Morgan fingerprint density at radius 1 is 1.35 bits per heavy atom. The van der Waals surface area contributed by atoms with Crippen LogP contribution in [-0.2, 0) is 0 Å². The molecule has 0 bridgehead atoms. The van der Waals surface area contributed by atoms with E-state index in [9.17, 15) is 4.79 Å². The van der Waals surface area contributed by atoms with Gasteiger partial charge in [0, 0.05) is 25.7 Å². The largest absolute Gasteiger partial charge is 0.369 e. The predicted molar refractivity (Wildman–Crippen MR) is 80.9 cm³/mol. The lowest BCUT2D eigenvalue weighted by atomic mass is 10.3. The van der Waals surface area contributed by atoms with Crippen LogP contribution in [0, 0.1) is 0 Å². The second-order valence-corrected chi connectivity index (χ2v) is 5.05. The summed E-state index contributed by atoms with van der Waals surface area (Å²) >= 11 is 0. The van der Waals surface area contributed by atoms with E-state index >= 15 is 0 Å². The Morgan fingerprint density at radius 2 is 2.10 bits per heavy atom. The molecule has 0 unspecified atom stereocenters. The predicted octanol–water partition coefficient (Wildman–Crippen LogP) is 1.37.